The third-order valence-corrected chi connectivity index (χ3v) is 4.44. The van der Waals surface area contributed by atoms with Gasteiger partial charge in [0.25, 0.3) is 5.91 Å². The van der Waals surface area contributed by atoms with Crippen LogP contribution in [0.25, 0.3) is 0 Å². The Balaban J connectivity index is 2.00. The highest BCUT2D eigenvalue weighted by Crippen LogP contribution is 2.26. The molecule has 1 atom stereocenters. The highest BCUT2D eigenvalue weighted by molar-refractivity contribution is 9.10. The standard InChI is InChI=1S/C19H21BrN2O3/c1-3-12(2)14-6-4-5-7-17(14)22-18(23)11-25-19(24)15-10-13(20)8-9-16(15)21/h4-10,12H,3,11,21H2,1-2H3,(H,22,23)/t12-/m1/s1. The third-order valence-electron chi connectivity index (χ3n) is 3.95. The zero-order valence-corrected chi connectivity index (χ0v) is 15.8. The van der Waals surface area contributed by atoms with Gasteiger partial charge in [-0.3, -0.25) is 4.79 Å². The molecule has 0 saturated heterocycles. The molecule has 2 rings (SSSR count). The van der Waals surface area contributed by atoms with Crippen molar-refractivity contribution >= 4 is 39.2 Å². The number of amides is 1. The largest absolute Gasteiger partial charge is 0.452 e. The molecular formula is C19H21BrN2O3. The molecule has 0 unspecified atom stereocenters. The van der Waals surface area contributed by atoms with Gasteiger partial charge in [-0.25, -0.2) is 4.79 Å². The van der Waals surface area contributed by atoms with Gasteiger partial charge in [-0.05, 0) is 42.2 Å². The highest BCUT2D eigenvalue weighted by Gasteiger charge is 2.15. The van der Waals surface area contributed by atoms with E-state index in [-0.39, 0.29) is 12.2 Å². The third kappa shape index (κ3) is 5.06. The number of para-hydroxylation sites is 1. The molecule has 0 radical (unpaired) electrons. The van der Waals surface area contributed by atoms with E-state index in [1.165, 1.54) is 0 Å². The Morgan fingerprint density at radius 2 is 1.96 bits per heavy atom. The molecule has 132 valence electrons. The van der Waals surface area contributed by atoms with E-state index in [9.17, 15) is 9.59 Å². The molecule has 0 aromatic heterocycles. The Morgan fingerprint density at radius 1 is 1.24 bits per heavy atom. The van der Waals surface area contributed by atoms with Gasteiger partial charge in [-0.15, -0.1) is 0 Å². The van der Waals surface area contributed by atoms with Gasteiger partial charge in [0, 0.05) is 15.8 Å². The zero-order valence-electron chi connectivity index (χ0n) is 14.2. The second-order valence-corrected chi connectivity index (χ2v) is 6.67. The number of hydrogen-bond donors (Lipinski definition) is 2. The zero-order chi connectivity index (χ0) is 18.4. The molecular weight excluding hydrogens is 384 g/mol. The molecule has 0 spiro atoms. The molecule has 0 aliphatic rings. The maximum Gasteiger partial charge on any atom is 0.340 e. The molecule has 1 amide bonds. The number of esters is 1. The van der Waals surface area contributed by atoms with Crippen LogP contribution in [0.1, 0.15) is 42.1 Å². The van der Waals surface area contributed by atoms with Crippen LogP contribution in [-0.2, 0) is 9.53 Å². The van der Waals surface area contributed by atoms with Crippen molar-refractivity contribution in [2.75, 3.05) is 17.7 Å². The number of nitrogens with one attached hydrogen (secondary N) is 1. The maximum absolute atomic E-state index is 12.1. The number of carbonyl (C=O) groups is 2. The summed E-state index contributed by atoms with van der Waals surface area (Å²) in [6.45, 7) is 3.81. The van der Waals surface area contributed by atoms with Gasteiger partial charge in [0.2, 0.25) is 0 Å². The molecule has 0 aliphatic carbocycles. The highest BCUT2D eigenvalue weighted by atomic mass is 79.9. The van der Waals surface area contributed by atoms with Gasteiger partial charge in [-0.2, -0.15) is 0 Å². The summed E-state index contributed by atoms with van der Waals surface area (Å²) >= 11 is 3.27. The van der Waals surface area contributed by atoms with Crippen LogP contribution < -0.4 is 11.1 Å². The lowest BCUT2D eigenvalue weighted by Crippen LogP contribution is -2.22. The van der Waals surface area contributed by atoms with E-state index in [2.05, 4.69) is 35.1 Å². The Bertz CT molecular complexity index is 777. The number of hydrogen-bond acceptors (Lipinski definition) is 4. The van der Waals surface area contributed by atoms with Crippen LogP contribution in [0.2, 0.25) is 0 Å². The summed E-state index contributed by atoms with van der Waals surface area (Å²) in [6, 6.07) is 12.5. The first-order chi connectivity index (χ1) is 11.9. The van der Waals surface area contributed by atoms with E-state index < -0.39 is 11.9 Å². The first-order valence-electron chi connectivity index (χ1n) is 8.03. The van der Waals surface area contributed by atoms with Crippen molar-refractivity contribution < 1.29 is 14.3 Å². The normalized spacial score (nSPS) is 11.6. The predicted molar refractivity (Wildman–Crippen MR) is 103 cm³/mol. The minimum absolute atomic E-state index is 0.224. The SMILES string of the molecule is CC[C@@H](C)c1ccccc1NC(=O)COC(=O)c1cc(Br)ccc1N. The van der Waals surface area contributed by atoms with E-state index in [0.717, 1.165) is 17.7 Å². The molecule has 3 N–H and O–H groups in total. The van der Waals surface area contributed by atoms with E-state index in [1.807, 2.05) is 24.3 Å². The number of carbonyl (C=O) groups excluding carboxylic acids is 2. The number of nitrogens with two attached hydrogens (primary N) is 1. The minimum atomic E-state index is -0.635. The molecule has 0 saturated carbocycles. The summed E-state index contributed by atoms with van der Waals surface area (Å²) in [5, 5.41) is 2.80. The fourth-order valence-corrected chi connectivity index (χ4v) is 2.72. The van der Waals surface area contributed by atoms with E-state index in [0.29, 0.717) is 16.1 Å². The van der Waals surface area contributed by atoms with E-state index in [4.69, 9.17) is 10.5 Å². The predicted octanol–water partition coefficient (Wildman–Crippen LogP) is 4.34. The van der Waals surface area contributed by atoms with Crippen LogP contribution >= 0.6 is 15.9 Å². The number of anilines is 2. The Labute approximate surface area is 155 Å². The summed E-state index contributed by atoms with van der Waals surface area (Å²) in [4.78, 5) is 24.2. The maximum atomic E-state index is 12.1. The fraction of sp³-hybridized carbons (Fsp3) is 0.263. The molecule has 0 fully saturated rings. The van der Waals surface area contributed by atoms with Crippen molar-refractivity contribution in [1.82, 2.24) is 0 Å². The van der Waals surface area contributed by atoms with Crippen LogP contribution in [-0.4, -0.2) is 18.5 Å². The lowest BCUT2D eigenvalue weighted by Gasteiger charge is -2.15. The Hall–Kier alpha value is -2.34. The molecule has 0 bridgehead atoms. The summed E-state index contributed by atoms with van der Waals surface area (Å²) in [5.74, 6) is -0.706. The second-order valence-electron chi connectivity index (χ2n) is 5.75. The fourth-order valence-electron chi connectivity index (χ4n) is 2.36. The minimum Gasteiger partial charge on any atom is -0.452 e. The molecule has 0 aliphatic heterocycles. The second kappa shape index (κ2) is 8.67. The first-order valence-corrected chi connectivity index (χ1v) is 8.82. The summed E-state index contributed by atoms with van der Waals surface area (Å²) in [5.41, 5.74) is 8.08. The first kappa shape index (κ1) is 19.0. The molecule has 2 aromatic carbocycles. The number of nitrogen functional groups attached to an aromatic ring is 1. The van der Waals surface area contributed by atoms with E-state index >= 15 is 0 Å². The average molecular weight is 405 g/mol. The van der Waals surface area contributed by atoms with Gasteiger partial charge < -0.3 is 15.8 Å². The smallest absolute Gasteiger partial charge is 0.340 e. The summed E-state index contributed by atoms with van der Waals surface area (Å²) in [7, 11) is 0. The summed E-state index contributed by atoms with van der Waals surface area (Å²) in [6.07, 6.45) is 0.962. The number of benzene rings is 2. The Kier molecular flexibility index (Phi) is 6.58. The quantitative estimate of drug-likeness (QED) is 0.553. The van der Waals surface area contributed by atoms with Crippen molar-refractivity contribution in [3.63, 3.8) is 0 Å². The molecule has 5 nitrogen and oxygen atoms in total. The lowest BCUT2D eigenvalue weighted by atomic mass is 9.97. The lowest BCUT2D eigenvalue weighted by molar-refractivity contribution is -0.119. The van der Waals surface area contributed by atoms with E-state index in [1.54, 1.807) is 18.2 Å². The van der Waals surface area contributed by atoms with Crippen LogP contribution in [0, 0.1) is 0 Å². The van der Waals surface area contributed by atoms with Crippen molar-refractivity contribution in [2.45, 2.75) is 26.2 Å². The van der Waals surface area contributed by atoms with Crippen molar-refractivity contribution in [3.05, 3.63) is 58.1 Å². The van der Waals surface area contributed by atoms with Crippen LogP contribution in [0.15, 0.2) is 46.9 Å². The van der Waals surface area contributed by atoms with Gasteiger partial charge in [-0.1, -0.05) is 48.0 Å². The van der Waals surface area contributed by atoms with Crippen molar-refractivity contribution in [3.8, 4) is 0 Å². The number of halogens is 1. The van der Waals surface area contributed by atoms with Crippen molar-refractivity contribution in [2.24, 2.45) is 0 Å². The van der Waals surface area contributed by atoms with Crippen LogP contribution in [0.3, 0.4) is 0 Å². The van der Waals surface area contributed by atoms with Gasteiger partial charge in [0.15, 0.2) is 6.61 Å². The molecule has 6 heteroatoms. The van der Waals surface area contributed by atoms with Crippen LogP contribution in [0.4, 0.5) is 11.4 Å². The molecule has 25 heavy (non-hydrogen) atoms. The van der Waals surface area contributed by atoms with Gasteiger partial charge in [0.1, 0.15) is 0 Å². The molecule has 0 heterocycles. The topological polar surface area (TPSA) is 81.4 Å². The monoisotopic (exact) mass is 404 g/mol. The number of rotatable bonds is 6. The number of ether oxygens (including phenoxy) is 1. The van der Waals surface area contributed by atoms with Gasteiger partial charge >= 0.3 is 5.97 Å². The molecule has 2 aromatic rings. The van der Waals surface area contributed by atoms with Gasteiger partial charge in [0.05, 0.1) is 5.56 Å². The average Bonchev–Trinajstić information content (AvgIpc) is 2.61. The van der Waals surface area contributed by atoms with Crippen molar-refractivity contribution in [1.29, 1.82) is 0 Å². The Morgan fingerprint density at radius 3 is 2.68 bits per heavy atom. The summed E-state index contributed by atoms with van der Waals surface area (Å²) < 4.78 is 5.78. The van der Waals surface area contributed by atoms with Crippen LogP contribution in [0.5, 0.6) is 0 Å².